The molecule has 0 aromatic carbocycles. The summed E-state index contributed by atoms with van der Waals surface area (Å²) in [7, 11) is -2.88. The molecule has 1 aliphatic heterocycles. The summed E-state index contributed by atoms with van der Waals surface area (Å²) in [5, 5.41) is 8.15. The zero-order valence-electron chi connectivity index (χ0n) is 11.8. The summed E-state index contributed by atoms with van der Waals surface area (Å²) in [6, 6.07) is 2.09. The van der Waals surface area contributed by atoms with Gasteiger partial charge in [-0.2, -0.15) is 10.2 Å². The molecule has 19 heavy (non-hydrogen) atoms. The van der Waals surface area contributed by atoms with Crippen LogP contribution in [0.15, 0.2) is 6.07 Å². The molecule has 0 radical (unpaired) electrons. The van der Waals surface area contributed by atoms with Crippen molar-refractivity contribution in [2.24, 2.45) is 0 Å². The number of hydrogen-bond donors (Lipinski definition) is 0. The van der Waals surface area contributed by atoms with Crippen LogP contribution in [-0.4, -0.2) is 47.6 Å². The maximum absolute atomic E-state index is 11.8. The molecule has 5 nitrogen and oxygen atoms in total. The van der Waals surface area contributed by atoms with E-state index in [9.17, 15) is 8.42 Å². The van der Waals surface area contributed by atoms with E-state index >= 15 is 0 Å². The van der Waals surface area contributed by atoms with Crippen molar-refractivity contribution in [3.05, 3.63) is 23.0 Å². The van der Waals surface area contributed by atoms with E-state index in [2.05, 4.69) is 15.1 Å². The molecule has 106 valence electrons. The van der Waals surface area contributed by atoms with Crippen molar-refractivity contribution < 1.29 is 8.42 Å². The topological polar surface area (TPSA) is 63.2 Å². The third kappa shape index (κ3) is 3.73. The Balaban J connectivity index is 2.16. The van der Waals surface area contributed by atoms with Gasteiger partial charge in [-0.05, 0) is 45.4 Å². The number of aromatic nitrogens is 2. The van der Waals surface area contributed by atoms with Gasteiger partial charge in [-0.3, -0.25) is 4.90 Å². The second kappa shape index (κ2) is 5.54. The summed E-state index contributed by atoms with van der Waals surface area (Å²) in [4.78, 5) is 2.23. The molecule has 1 saturated heterocycles. The fourth-order valence-electron chi connectivity index (χ4n) is 2.48. The fourth-order valence-corrected chi connectivity index (χ4v) is 4.16. The van der Waals surface area contributed by atoms with Crippen molar-refractivity contribution in [2.75, 3.05) is 18.1 Å². The highest BCUT2D eigenvalue weighted by Gasteiger charge is 2.25. The number of sulfone groups is 1. The molecule has 0 N–H and O–H groups in total. The molecule has 0 amide bonds. The maximum Gasteiger partial charge on any atom is 0.151 e. The minimum atomic E-state index is -2.88. The van der Waals surface area contributed by atoms with Gasteiger partial charge in [-0.25, -0.2) is 8.42 Å². The van der Waals surface area contributed by atoms with E-state index in [0.29, 0.717) is 12.2 Å². The molecule has 2 heterocycles. The van der Waals surface area contributed by atoms with Crippen molar-refractivity contribution in [1.82, 2.24) is 15.1 Å². The van der Waals surface area contributed by atoms with Crippen LogP contribution in [0.4, 0.5) is 0 Å². The standard InChI is InChI=1S/C13H21N3O2S/c1-10-7-13(12(3)15-14-10)8-16-5-4-6-19(17,18)9-11(16)2/h7,11H,4-6,8-9H2,1-3H3. The average Bonchev–Trinajstić information content (AvgIpc) is 2.43. The first kappa shape index (κ1) is 14.4. The third-order valence-electron chi connectivity index (χ3n) is 3.60. The first-order valence-electron chi connectivity index (χ1n) is 6.62. The molecule has 6 heteroatoms. The minimum absolute atomic E-state index is 0.0559. The average molecular weight is 283 g/mol. The summed E-state index contributed by atoms with van der Waals surface area (Å²) in [5.41, 5.74) is 2.96. The molecule has 0 spiro atoms. The molecule has 0 saturated carbocycles. The molecule has 1 fully saturated rings. The predicted molar refractivity (Wildman–Crippen MR) is 74.6 cm³/mol. The predicted octanol–water partition coefficient (Wildman–Crippen LogP) is 1.10. The molecular formula is C13H21N3O2S. The maximum atomic E-state index is 11.8. The Labute approximate surface area is 115 Å². The van der Waals surface area contributed by atoms with E-state index in [-0.39, 0.29) is 11.8 Å². The zero-order chi connectivity index (χ0) is 14.0. The van der Waals surface area contributed by atoms with Crippen LogP contribution in [0.2, 0.25) is 0 Å². The molecule has 1 aliphatic rings. The van der Waals surface area contributed by atoms with Crippen LogP contribution in [-0.2, 0) is 16.4 Å². The van der Waals surface area contributed by atoms with Crippen molar-refractivity contribution in [1.29, 1.82) is 0 Å². The van der Waals surface area contributed by atoms with E-state index in [4.69, 9.17) is 0 Å². The van der Waals surface area contributed by atoms with Gasteiger partial charge in [0.1, 0.15) is 0 Å². The van der Waals surface area contributed by atoms with E-state index < -0.39 is 9.84 Å². The first-order chi connectivity index (χ1) is 8.87. The Morgan fingerprint density at radius 3 is 2.84 bits per heavy atom. The van der Waals surface area contributed by atoms with E-state index in [0.717, 1.165) is 30.0 Å². The quantitative estimate of drug-likeness (QED) is 0.813. The minimum Gasteiger partial charge on any atom is -0.295 e. The SMILES string of the molecule is Cc1cc(CN2CCCS(=O)(=O)CC2C)c(C)nn1. The summed E-state index contributed by atoms with van der Waals surface area (Å²) < 4.78 is 23.5. The molecule has 2 rings (SSSR count). The van der Waals surface area contributed by atoms with Crippen molar-refractivity contribution >= 4 is 9.84 Å². The largest absolute Gasteiger partial charge is 0.295 e. The highest BCUT2D eigenvalue weighted by atomic mass is 32.2. The zero-order valence-corrected chi connectivity index (χ0v) is 12.6. The monoisotopic (exact) mass is 283 g/mol. The molecular weight excluding hydrogens is 262 g/mol. The Kier molecular flexibility index (Phi) is 4.20. The summed E-state index contributed by atoms with van der Waals surface area (Å²) in [5.74, 6) is 0.560. The van der Waals surface area contributed by atoms with Gasteiger partial charge in [-0.1, -0.05) is 0 Å². The normalized spacial score (nSPS) is 24.1. The van der Waals surface area contributed by atoms with Crippen LogP contribution in [0.25, 0.3) is 0 Å². The van der Waals surface area contributed by atoms with E-state index in [1.165, 1.54) is 0 Å². The lowest BCUT2D eigenvalue weighted by Crippen LogP contribution is -2.35. The van der Waals surface area contributed by atoms with Crippen LogP contribution < -0.4 is 0 Å². The van der Waals surface area contributed by atoms with Crippen LogP contribution >= 0.6 is 0 Å². The Bertz CT molecular complexity index is 557. The highest BCUT2D eigenvalue weighted by Crippen LogP contribution is 2.16. The number of aryl methyl sites for hydroxylation is 2. The van der Waals surface area contributed by atoms with Gasteiger partial charge in [0.15, 0.2) is 9.84 Å². The molecule has 1 atom stereocenters. The van der Waals surface area contributed by atoms with Gasteiger partial charge in [0.05, 0.1) is 22.9 Å². The Morgan fingerprint density at radius 1 is 1.37 bits per heavy atom. The lowest BCUT2D eigenvalue weighted by molar-refractivity contribution is 0.219. The van der Waals surface area contributed by atoms with Gasteiger partial charge in [0.25, 0.3) is 0 Å². The van der Waals surface area contributed by atoms with Gasteiger partial charge in [0.2, 0.25) is 0 Å². The van der Waals surface area contributed by atoms with Gasteiger partial charge in [0, 0.05) is 12.6 Å². The second-order valence-corrected chi connectivity index (χ2v) is 7.61. The van der Waals surface area contributed by atoms with Crippen molar-refractivity contribution in [3.8, 4) is 0 Å². The molecule has 1 aromatic heterocycles. The van der Waals surface area contributed by atoms with E-state index in [1.807, 2.05) is 26.8 Å². The lowest BCUT2D eigenvalue weighted by atomic mass is 10.1. The fraction of sp³-hybridized carbons (Fsp3) is 0.692. The molecule has 0 aliphatic carbocycles. The summed E-state index contributed by atoms with van der Waals surface area (Å²) in [6.45, 7) is 7.42. The van der Waals surface area contributed by atoms with Crippen LogP contribution in [0.1, 0.15) is 30.3 Å². The van der Waals surface area contributed by atoms with Gasteiger partial charge in [-0.15, -0.1) is 0 Å². The van der Waals surface area contributed by atoms with Gasteiger partial charge >= 0.3 is 0 Å². The smallest absolute Gasteiger partial charge is 0.151 e. The van der Waals surface area contributed by atoms with E-state index in [1.54, 1.807) is 0 Å². The number of rotatable bonds is 2. The van der Waals surface area contributed by atoms with Crippen LogP contribution in [0.5, 0.6) is 0 Å². The number of nitrogens with zero attached hydrogens (tertiary/aromatic N) is 3. The van der Waals surface area contributed by atoms with Crippen molar-refractivity contribution in [3.63, 3.8) is 0 Å². The molecule has 1 aromatic rings. The van der Waals surface area contributed by atoms with Crippen LogP contribution in [0, 0.1) is 13.8 Å². The lowest BCUT2D eigenvalue weighted by Gasteiger charge is -2.26. The summed E-state index contributed by atoms with van der Waals surface area (Å²) in [6.07, 6.45) is 0.712. The highest BCUT2D eigenvalue weighted by molar-refractivity contribution is 7.91. The third-order valence-corrected chi connectivity index (χ3v) is 5.50. The van der Waals surface area contributed by atoms with Crippen LogP contribution in [0.3, 0.4) is 0 Å². The molecule has 1 unspecified atom stereocenters. The first-order valence-corrected chi connectivity index (χ1v) is 8.44. The molecule has 0 bridgehead atoms. The Morgan fingerprint density at radius 2 is 2.11 bits per heavy atom. The summed E-state index contributed by atoms with van der Waals surface area (Å²) >= 11 is 0. The van der Waals surface area contributed by atoms with Crippen molar-refractivity contribution in [2.45, 2.75) is 39.8 Å². The Hall–Kier alpha value is -1.01. The second-order valence-electron chi connectivity index (χ2n) is 5.38. The van der Waals surface area contributed by atoms with Gasteiger partial charge < -0.3 is 0 Å². The number of hydrogen-bond acceptors (Lipinski definition) is 5.